The molecule has 0 N–H and O–H groups in total. The van der Waals surface area contributed by atoms with Crippen molar-refractivity contribution >= 4 is 17.5 Å². The predicted octanol–water partition coefficient (Wildman–Crippen LogP) is 5.19. The zero-order valence-electron chi connectivity index (χ0n) is 16.2. The minimum absolute atomic E-state index is 0.170. The molecule has 5 heteroatoms. The number of carbonyl (C=O) groups excluding carboxylic acids is 1. The van der Waals surface area contributed by atoms with Gasteiger partial charge in [0, 0.05) is 30.5 Å². The van der Waals surface area contributed by atoms with Gasteiger partial charge in [-0.3, -0.25) is 4.79 Å². The van der Waals surface area contributed by atoms with Gasteiger partial charge in [-0.1, -0.05) is 29.8 Å². The van der Waals surface area contributed by atoms with Gasteiger partial charge < -0.3 is 14.4 Å². The van der Waals surface area contributed by atoms with Crippen molar-refractivity contribution in [2.24, 2.45) is 0 Å². The van der Waals surface area contributed by atoms with Crippen molar-refractivity contribution in [1.29, 1.82) is 0 Å². The molecule has 148 valence electrons. The fraction of sp³-hybridized carbons (Fsp3) is 0.435. The molecule has 0 aromatic heterocycles. The molecule has 2 fully saturated rings. The predicted molar refractivity (Wildman–Crippen MR) is 110 cm³/mol. The van der Waals surface area contributed by atoms with Gasteiger partial charge in [0.25, 0.3) is 0 Å². The van der Waals surface area contributed by atoms with Crippen LogP contribution in [0.3, 0.4) is 0 Å². The van der Waals surface area contributed by atoms with Crippen LogP contribution in [0.4, 0.5) is 0 Å². The van der Waals surface area contributed by atoms with Crippen LogP contribution in [0.15, 0.2) is 42.5 Å². The maximum absolute atomic E-state index is 12.6. The van der Waals surface area contributed by atoms with E-state index in [4.69, 9.17) is 21.1 Å². The van der Waals surface area contributed by atoms with E-state index in [1.807, 2.05) is 35.2 Å². The molecule has 1 atom stereocenters. The SMILES string of the molecule is COc1ccc(C2CC(=O)N(Cc3cccc(Cl)c3)C2)cc1OC1CCCC1. The largest absolute Gasteiger partial charge is 0.493 e. The van der Waals surface area contributed by atoms with Crippen LogP contribution in [0.1, 0.15) is 49.1 Å². The van der Waals surface area contributed by atoms with Crippen LogP contribution in [0.5, 0.6) is 11.5 Å². The Labute approximate surface area is 171 Å². The Bertz CT molecular complexity index is 847. The number of hydrogen-bond donors (Lipinski definition) is 0. The second kappa shape index (κ2) is 8.44. The summed E-state index contributed by atoms with van der Waals surface area (Å²) in [6.07, 6.45) is 5.44. The van der Waals surface area contributed by atoms with Crippen LogP contribution < -0.4 is 9.47 Å². The number of halogens is 1. The minimum Gasteiger partial charge on any atom is -0.493 e. The molecule has 0 bridgehead atoms. The molecule has 1 saturated heterocycles. The molecule has 1 unspecified atom stereocenters. The van der Waals surface area contributed by atoms with E-state index >= 15 is 0 Å². The number of rotatable bonds is 6. The molecule has 1 saturated carbocycles. The quantitative estimate of drug-likeness (QED) is 0.671. The molecule has 1 heterocycles. The Morgan fingerprint density at radius 2 is 1.93 bits per heavy atom. The highest BCUT2D eigenvalue weighted by atomic mass is 35.5. The van der Waals surface area contributed by atoms with Crippen molar-refractivity contribution in [3.8, 4) is 11.5 Å². The van der Waals surface area contributed by atoms with E-state index in [0.29, 0.717) is 24.5 Å². The summed E-state index contributed by atoms with van der Waals surface area (Å²) in [6.45, 7) is 1.30. The number of carbonyl (C=O) groups is 1. The van der Waals surface area contributed by atoms with Crippen LogP contribution in [0, 0.1) is 0 Å². The first-order valence-corrected chi connectivity index (χ1v) is 10.4. The minimum atomic E-state index is 0.170. The summed E-state index contributed by atoms with van der Waals surface area (Å²) in [5, 5.41) is 0.699. The van der Waals surface area contributed by atoms with Gasteiger partial charge in [0.2, 0.25) is 5.91 Å². The standard InChI is InChI=1S/C23H26ClNO3/c1-27-21-10-9-17(12-22(21)28-20-7-2-3-8-20)18-13-23(26)25(15-18)14-16-5-4-6-19(24)11-16/h4-6,9-12,18,20H,2-3,7-8,13-15H2,1H3. The molecule has 0 spiro atoms. The zero-order valence-corrected chi connectivity index (χ0v) is 17.0. The van der Waals surface area contributed by atoms with Gasteiger partial charge >= 0.3 is 0 Å². The van der Waals surface area contributed by atoms with Crippen molar-refractivity contribution in [2.45, 2.75) is 50.7 Å². The van der Waals surface area contributed by atoms with E-state index < -0.39 is 0 Å². The number of amides is 1. The van der Waals surface area contributed by atoms with Gasteiger partial charge in [0.15, 0.2) is 11.5 Å². The van der Waals surface area contributed by atoms with Gasteiger partial charge in [-0.15, -0.1) is 0 Å². The van der Waals surface area contributed by atoms with Crippen LogP contribution in [-0.4, -0.2) is 30.6 Å². The van der Waals surface area contributed by atoms with Gasteiger partial charge in [0.05, 0.1) is 13.2 Å². The van der Waals surface area contributed by atoms with Crippen LogP contribution in [0.25, 0.3) is 0 Å². The molecule has 4 rings (SSSR count). The normalized spacial score (nSPS) is 20.0. The molecular weight excluding hydrogens is 374 g/mol. The molecule has 2 aliphatic rings. The van der Waals surface area contributed by atoms with Gasteiger partial charge in [0.1, 0.15) is 0 Å². The van der Waals surface area contributed by atoms with Crippen LogP contribution in [0.2, 0.25) is 5.02 Å². The van der Waals surface area contributed by atoms with E-state index in [-0.39, 0.29) is 17.9 Å². The van der Waals surface area contributed by atoms with Crippen molar-refractivity contribution < 1.29 is 14.3 Å². The van der Waals surface area contributed by atoms with E-state index in [0.717, 1.165) is 35.5 Å². The van der Waals surface area contributed by atoms with Crippen LogP contribution >= 0.6 is 11.6 Å². The summed E-state index contributed by atoms with van der Waals surface area (Å²) in [4.78, 5) is 14.5. The fourth-order valence-electron chi connectivity index (χ4n) is 4.23. The van der Waals surface area contributed by atoms with Crippen molar-refractivity contribution in [2.75, 3.05) is 13.7 Å². The Morgan fingerprint density at radius 1 is 1.11 bits per heavy atom. The molecule has 4 nitrogen and oxygen atoms in total. The summed E-state index contributed by atoms with van der Waals surface area (Å²) >= 11 is 6.08. The molecular formula is C23H26ClNO3. The number of methoxy groups -OCH3 is 1. The Kier molecular flexibility index (Phi) is 5.77. The third-order valence-corrected chi connectivity index (χ3v) is 5.97. The highest BCUT2D eigenvalue weighted by Gasteiger charge is 2.31. The van der Waals surface area contributed by atoms with E-state index in [2.05, 4.69) is 12.1 Å². The molecule has 28 heavy (non-hydrogen) atoms. The van der Waals surface area contributed by atoms with Gasteiger partial charge in [-0.05, 0) is 61.1 Å². The first kappa shape index (κ1) is 19.1. The zero-order chi connectivity index (χ0) is 19.5. The first-order chi connectivity index (χ1) is 13.6. The van der Waals surface area contributed by atoms with E-state index in [9.17, 15) is 4.79 Å². The monoisotopic (exact) mass is 399 g/mol. The maximum Gasteiger partial charge on any atom is 0.223 e. The van der Waals surface area contributed by atoms with Gasteiger partial charge in [-0.25, -0.2) is 0 Å². The maximum atomic E-state index is 12.6. The molecule has 2 aromatic carbocycles. The Morgan fingerprint density at radius 3 is 2.68 bits per heavy atom. The number of hydrogen-bond acceptors (Lipinski definition) is 3. The summed E-state index contributed by atoms with van der Waals surface area (Å²) in [6, 6.07) is 13.8. The lowest BCUT2D eigenvalue weighted by Crippen LogP contribution is -2.24. The average Bonchev–Trinajstić information content (AvgIpc) is 3.32. The lowest BCUT2D eigenvalue weighted by molar-refractivity contribution is -0.128. The van der Waals surface area contributed by atoms with E-state index in [1.165, 1.54) is 12.8 Å². The molecule has 1 amide bonds. The molecule has 2 aromatic rings. The van der Waals surface area contributed by atoms with Crippen molar-refractivity contribution in [3.63, 3.8) is 0 Å². The highest BCUT2D eigenvalue weighted by molar-refractivity contribution is 6.30. The lowest BCUT2D eigenvalue weighted by atomic mass is 9.98. The van der Waals surface area contributed by atoms with Crippen LogP contribution in [-0.2, 0) is 11.3 Å². The summed E-state index contributed by atoms with van der Waals surface area (Å²) < 4.78 is 11.7. The Hall–Kier alpha value is -2.20. The summed E-state index contributed by atoms with van der Waals surface area (Å²) in [5.41, 5.74) is 2.19. The summed E-state index contributed by atoms with van der Waals surface area (Å²) in [7, 11) is 1.67. The first-order valence-electron chi connectivity index (χ1n) is 9.99. The topological polar surface area (TPSA) is 38.8 Å². The second-order valence-electron chi connectivity index (χ2n) is 7.74. The average molecular weight is 400 g/mol. The van der Waals surface area contributed by atoms with E-state index in [1.54, 1.807) is 7.11 Å². The van der Waals surface area contributed by atoms with Gasteiger partial charge in [-0.2, -0.15) is 0 Å². The fourth-order valence-corrected chi connectivity index (χ4v) is 4.44. The van der Waals surface area contributed by atoms with Crippen molar-refractivity contribution in [3.05, 3.63) is 58.6 Å². The molecule has 1 aliphatic heterocycles. The summed E-state index contributed by atoms with van der Waals surface area (Å²) in [5.74, 6) is 1.91. The second-order valence-corrected chi connectivity index (χ2v) is 8.18. The molecule has 1 aliphatic carbocycles. The smallest absolute Gasteiger partial charge is 0.223 e. The third kappa shape index (κ3) is 4.27. The third-order valence-electron chi connectivity index (χ3n) is 5.73. The van der Waals surface area contributed by atoms with Crippen molar-refractivity contribution in [1.82, 2.24) is 4.90 Å². The number of benzene rings is 2. The lowest BCUT2D eigenvalue weighted by Gasteiger charge is -2.19. The Balaban J connectivity index is 1.48. The number of ether oxygens (including phenoxy) is 2. The number of nitrogens with zero attached hydrogens (tertiary/aromatic N) is 1. The highest BCUT2D eigenvalue weighted by Crippen LogP contribution is 2.37. The molecule has 0 radical (unpaired) electrons. The number of likely N-dealkylation sites (tertiary alicyclic amines) is 1.